The largest absolute Gasteiger partial charge is 0.328 e. The highest BCUT2D eigenvalue weighted by Crippen LogP contribution is 2.09. The van der Waals surface area contributed by atoms with Crippen molar-refractivity contribution in [3.63, 3.8) is 0 Å². The first-order chi connectivity index (χ1) is 8.04. The molecule has 1 heterocycles. The number of benzene rings is 1. The van der Waals surface area contributed by atoms with Crippen LogP contribution in [0.15, 0.2) is 40.1 Å². The first-order valence-corrected chi connectivity index (χ1v) is 5.41. The van der Waals surface area contributed by atoms with Crippen molar-refractivity contribution < 1.29 is 0 Å². The van der Waals surface area contributed by atoms with Crippen LogP contribution in [-0.4, -0.2) is 9.55 Å². The molecule has 0 unspecified atom stereocenters. The number of nitrogens with zero attached hydrogens (tertiary/aromatic N) is 1. The molecule has 0 aliphatic carbocycles. The van der Waals surface area contributed by atoms with E-state index >= 15 is 0 Å². The number of aryl methyl sites for hydroxylation is 2. The third kappa shape index (κ3) is 2.72. The minimum absolute atomic E-state index is 0.369. The van der Waals surface area contributed by atoms with Crippen molar-refractivity contribution in [3.05, 3.63) is 68.0 Å². The van der Waals surface area contributed by atoms with E-state index in [2.05, 4.69) is 11.1 Å². The monoisotopic (exact) mass is 230 g/mol. The van der Waals surface area contributed by atoms with Crippen molar-refractivity contribution in [1.82, 2.24) is 9.55 Å². The van der Waals surface area contributed by atoms with Gasteiger partial charge in [-0.1, -0.05) is 29.3 Å². The molecule has 1 aromatic carbocycles. The first-order valence-electron chi connectivity index (χ1n) is 5.41. The molecule has 2 aromatic rings. The molecule has 2 rings (SSSR count). The number of nitrogens with one attached hydrogen (secondary N) is 1. The Bertz CT molecular complexity index is 633. The van der Waals surface area contributed by atoms with Crippen LogP contribution in [0.2, 0.25) is 0 Å². The summed E-state index contributed by atoms with van der Waals surface area (Å²) in [7, 11) is 0. The fourth-order valence-corrected chi connectivity index (χ4v) is 1.93. The molecule has 0 aliphatic heterocycles. The number of hydrogen-bond acceptors (Lipinski definition) is 2. The van der Waals surface area contributed by atoms with Crippen LogP contribution in [0.1, 0.15) is 16.7 Å². The Morgan fingerprint density at radius 3 is 2.35 bits per heavy atom. The molecule has 17 heavy (non-hydrogen) atoms. The molecule has 0 bridgehead atoms. The van der Waals surface area contributed by atoms with Gasteiger partial charge in [-0.05, 0) is 19.4 Å². The molecule has 1 N–H and O–H groups in total. The van der Waals surface area contributed by atoms with Crippen LogP contribution in [0.25, 0.3) is 0 Å². The standard InChI is InChI=1S/C13H14N2O2/c1-9-5-10(2)7-11(6-9)8-15-4-3-12(16)14-13(15)17/h3-7H,8H2,1-2H3,(H,14,16,17). The normalized spacial score (nSPS) is 10.5. The van der Waals surface area contributed by atoms with E-state index in [4.69, 9.17) is 0 Å². The summed E-state index contributed by atoms with van der Waals surface area (Å²) in [5.74, 6) is 0. The van der Waals surface area contributed by atoms with Crippen LogP contribution in [0.4, 0.5) is 0 Å². The zero-order chi connectivity index (χ0) is 12.4. The van der Waals surface area contributed by atoms with Crippen LogP contribution in [0.3, 0.4) is 0 Å². The molecule has 0 fully saturated rings. The number of H-pyrrole nitrogens is 1. The molecule has 0 saturated carbocycles. The predicted molar refractivity (Wildman–Crippen MR) is 66.3 cm³/mol. The number of aromatic nitrogens is 2. The third-order valence-corrected chi connectivity index (χ3v) is 2.53. The molecule has 4 nitrogen and oxygen atoms in total. The predicted octanol–water partition coefficient (Wildman–Crippen LogP) is 1.20. The van der Waals surface area contributed by atoms with Gasteiger partial charge in [-0.25, -0.2) is 4.79 Å². The van der Waals surface area contributed by atoms with Crippen LogP contribution in [0.5, 0.6) is 0 Å². The van der Waals surface area contributed by atoms with Crippen molar-refractivity contribution in [1.29, 1.82) is 0 Å². The lowest BCUT2D eigenvalue weighted by Gasteiger charge is -2.07. The minimum Gasteiger partial charge on any atom is -0.296 e. The van der Waals surface area contributed by atoms with E-state index in [0.29, 0.717) is 6.54 Å². The summed E-state index contributed by atoms with van der Waals surface area (Å²) in [6, 6.07) is 7.50. The molecule has 0 aliphatic rings. The summed E-state index contributed by atoms with van der Waals surface area (Å²) >= 11 is 0. The Labute approximate surface area is 98.6 Å². The van der Waals surface area contributed by atoms with E-state index in [9.17, 15) is 9.59 Å². The lowest BCUT2D eigenvalue weighted by molar-refractivity contribution is 0.719. The zero-order valence-electron chi connectivity index (χ0n) is 9.86. The van der Waals surface area contributed by atoms with Crippen molar-refractivity contribution in [2.45, 2.75) is 20.4 Å². The molecule has 0 amide bonds. The van der Waals surface area contributed by atoms with Gasteiger partial charge in [0.25, 0.3) is 5.56 Å². The van der Waals surface area contributed by atoms with Crippen molar-refractivity contribution in [2.75, 3.05) is 0 Å². The maximum absolute atomic E-state index is 11.5. The second-order valence-electron chi connectivity index (χ2n) is 4.23. The highest BCUT2D eigenvalue weighted by molar-refractivity contribution is 5.28. The first kappa shape index (κ1) is 11.4. The fourth-order valence-electron chi connectivity index (χ4n) is 1.93. The molecular weight excluding hydrogens is 216 g/mol. The quantitative estimate of drug-likeness (QED) is 0.842. The van der Waals surface area contributed by atoms with Gasteiger partial charge in [0.15, 0.2) is 0 Å². The van der Waals surface area contributed by atoms with Crippen molar-refractivity contribution in [3.8, 4) is 0 Å². The van der Waals surface area contributed by atoms with Gasteiger partial charge in [0.1, 0.15) is 0 Å². The van der Waals surface area contributed by atoms with Gasteiger partial charge in [-0.3, -0.25) is 14.3 Å². The van der Waals surface area contributed by atoms with Crippen molar-refractivity contribution in [2.24, 2.45) is 0 Å². The second kappa shape index (κ2) is 4.41. The molecule has 0 radical (unpaired) electrons. The molecule has 4 heteroatoms. The van der Waals surface area contributed by atoms with Crippen molar-refractivity contribution >= 4 is 0 Å². The highest BCUT2D eigenvalue weighted by Gasteiger charge is 2.00. The molecular formula is C13H14N2O2. The molecule has 1 aromatic heterocycles. The van der Waals surface area contributed by atoms with Gasteiger partial charge < -0.3 is 0 Å². The zero-order valence-corrected chi connectivity index (χ0v) is 9.86. The maximum atomic E-state index is 11.5. The summed E-state index contributed by atoms with van der Waals surface area (Å²) in [5, 5.41) is 0. The second-order valence-corrected chi connectivity index (χ2v) is 4.23. The summed E-state index contributed by atoms with van der Waals surface area (Å²) in [5.41, 5.74) is 2.63. The molecule has 88 valence electrons. The Morgan fingerprint density at radius 1 is 1.12 bits per heavy atom. The van der Waals surface area contributed by atoms with Gasteiger partial charge in [0.05, 0.1) is 6.54 Å². The maximum Gasteiger partial charge on any atom is 0.328 e. The van der Waals surface area contributed by atoms with Crippen LogP contribution in [0, 0.1) is 13.8 Å². The lowest BCUT2D eigenvalue weighted by atomic mass is 10.1. The summed E-state index contributed by atoms with van der Waals surface area (Å²) in [6.07, 6.45) is 1.51. The van der Waals surface area contributed by atoms with Crippen LogP contribution in [-0.2, 0) is 6.54 Å². The van der Waals surface area contributed by atoms with Crippen LogP contribution >= 0.6 is 0 Å². The summed E-state index contributed by atoms with van der Waals surface area (Å²) in [4.78, 5) is 24.7. The Balaban J connectivity index is 2.38. The highest BCUT2D eigenvalue weighted by atomic mass is 16.2. The Kier molecular flexibility index (Phi) is 2.95. The van der Waals surface area contributed by atoms with Crippen LogP contribution < -0.4 is 11.2 Å². The summed E-state index contributed by atoms with van der Waals surface area (Å²) < 4.78 is 1.48. The van der Waals surface area contributed by atoms with E-state index in [1.165, 1.54) is 16.8 Å². The fraction of sp³-hybridized carbons (Fsp3) is 0.231. The van der Waals surface area contributed by atoms with E-state index < -0.39 is 0 Å². The van der Waals surface area contributed by atoms with E-state index in [-0.39, 0.29) is 11.2 Å². The van der Waals surface area contributed by atoms with Gasteiger partial charge in [-0.2, -0.15) is 0 Å². The SMILES string of the molecule is Cc1cc(C)cc(Cn2ccc(=O)[nH]c2=O)c1. The van der Waals surface area contributed by atoms with Gasteiger partial charge in [0, 0.05) is 12.3 Å². The molecule has 0 spiro atoms. The van der Waals surface area contributed by atoms with Gasteiger partial charge >= 0.3 is 5.69 Å². The van der Waals surface area contributed by atoms with Gasteiger partial charge in [-0.15, -0.1) is 0 Å². The van der Waals surface area contributed by atoms with E-state index in [1.54, 1.807) is 0 Å². The average molecular weight is 230 g/mol. The average Bonchev–Trinajstić information content (AvgIpc) is 2.21. The number of hydrogen-bond donors (Lipinski definition) is 1. The Morgan fingerprint density at radius 2 is 1.76 bits per heavy atom. The third-order valence-electron chi connectivity index (χ3n) is 2.53. The number of aromatic amines is 1. The van der Waals surface area contributed by atoms with Gasteiger partial charge in [0.2, 0.25) is 0 Å². The molecule has 0 atom stereocenters. The molecule has 0 saturated heterocycles. The Hall–Kier alpha value is -2.10. The van der Waals surface area contributed by atoms with E-state index in [0.717, 1.165) is 16.7 Å². The minimum atomic E-state index is -0.378. The van der Waals surface area contributed by atoms with E-state index in [1.807, 2.05) is 26.0 Å². The smallest absolute Gasteiger partial charge is 0.296 e. The summed E-state index contributed by atoms with van der Waals surface area (Å²) in [6.45, 7) is 4.51. The number of rotatable bonds is 2. The lowest BCUT2D eigenvalue weighted by Crippen LogP contribution is -2.28. The topological polar surface area (TPSA) is 54.9 Å².